The Morgan fingerprint density at radius 3 is 2.47 bits per heavy atom. The summed E-state index contributed by atoms with van der Waals surface area (Å²) in [5.41, 5.74) is 2.68. The van der Waals surface area contributed by atoms with E-state index < -0.39 is 0 Å². The van der Waals surface area contributed by atoms with Gasteiger partial charge in [-0.2, -0.15) is 0 Å². The minimum absolute atomic E-state index is 0.790. The van der Waals surface area contributed by atoms with Gasteiger partial charge in [0.25, 0.3) is 0 Å². The number of nitrogens with one attached hydrogen (secondary N) is 1. The van der Waals surface area contributed by atoms with Gasteiger partial charge in [0.05, 0.1) is 0 Å². The van der Waals surface area contributed by atoms with Crippen LogP contribution >= 0.6 is 11.6 Å². The van der Waals surface area contributed by atoms with Gasteiger partial charge in [0.15, 0.2) is 0 Å². The number of halogens is 1. The van der Waals surface area contributed by atoms with E-state index in [-0.39, 0.29) is 0 Å². The van der Waals surface area contributed by atoms with Gasteiger partial charge in [0.2, 0.25) is 0 Å². The molecule has 0 saturated heterocycles. The number of aryl methyl sites for hydroxylation is 1. The highest BCUT2D eigenvalue weighted by Crippen LogP contribution is 2.02. The van der Waals surface area contributed by atoms with Crippen LogP contribution in [0, 0.1) is 6.92 Å². The smallest absolute Gasteiger partial charge is 0.0223 e. The topological polar surface area (TPSA) is 12.0 Å². The summed E-state index contributed by atoms with van der Waals surface area (Å²) in [5, 5.41) is 3.44. The van der Waals surface area contributed by atoms with Crippen molar-refractivity contribution in [1.82, 2.24) is 5.32 Å². The van der Waals surface area contributed by atoms with Crippen molar-refractivity contribution < 1.29 is 0 Å². The number of benzene rings is 1. The molecular formula is C13H20ClN. The fraction of sp³-hybridized carbons (Fsp3) is 0.538. The highest BCUT2D eigenvalue weighted by Gasteiger charge is 1.92. The maximum Gasteiger partial charge on any atom is 0.0223 e. The normalized spacial score (nSPS) is 10.5. The lowest BCUT2D eigenvalue weighted by molar-refractivity contribution is 0.618. The molecule has 0 radical (unpaired) electrons. The summed E-state index contributed by atoms with van der Waals surface area (Å²) in [4.78, 5) is 0. The van der Waals surface area contributed by atoms with Crippen LogP contribution in [0.25, 0.3) is 0 Å². The quantitative estimate of drug-likeness (QED) is 0.553. The van der Waals surface area contributed by atoms with Crippen molar-refractivity contribution in [2.45, 2.75) is 32.7 Å². The Balaban J connectivity index is 2.07. The van der Waals surface area contributed by atoms with Crippen LogP contribution in [0.5, 0.6) is 0 Å². The molecule has 0 heterocycles. The highest BCUT2D eigenvalue weighted by atomic mass is 35.5. The van der Waals surface area contributed by atoms with E-state index in [2.05, 4.69) is 36.5 Å². The summed E-state index contributed by atoms with van der Waals surface area (Å²) in [7, 11) is 0. The van der Waals surface area contributed by atoms with Crippen LogP contribution < -0.4 is 5.32 Å². The van der Waals surface area contributed by atoms with Crippen molar-refractivity contribution in [1.29, 1.82) is 0 Å². The highest BCUT2D eigenvalue weighted by molar-refractivity contribution is 6.17. The third-order valence-corrected chi connectivity index (χ3v) is 2.70. The predicted molar refractivity (Wildman–Crippen MR) is 67.5 cm³/mol. The van der Waals surface area contributed by atoms with Gasteiger partial charge < -0.3 is 5.32 Å². The van der Waals surface area contributed by atoms with Gasteiger partial charge in [0, 0.05) is 12.4 Å². The zero-order valence-corrected chi connectivity index (χ0v) is 10.2. The monoisotopic (exact) mass is 225 g/mol. The Bertz CT molecular complexity index is 256. The van der Waals surface area contributed by atoms with Crippen LogP contribution in [0.15, 0.2) is 24.3 Å². The van der Waals surface area contributed by atoms with Crippen molar-refractivity contribution in [3.05, 3.63) is 35.4 Å². The second-order valence-corrected chi connectivity index (χ2v) is 4.29. The van der Waals surface area contributed by atoms with E-state index in [0.717, 1.165) is 25.4 Å². The average molecular weight is 226 g/mol. The number of rotatable bonds is 7. The van der Waals surface area contributed by atoms with Gasteiger partial charge in [-0.3, -0.25) is 0 Å². The molecule has 84 valence electrons. The van der Waals surface area contributed by atoms with Crippen LogP contribution in [0.3, 0.4) is 0 Å². The van der Waals surface area contributed by atoms with E-state index in [4.69, 9.17) is 11.6 Å². The molecule has 0 unspecified atom stereocenters. The van der Waals surface area contributed by atoms with Crippen LogP contribution in [0.4, 0.5) is 0 Å². The molecule has 1 aromatic rings. The third kappa shape index (κ3) is 5.81. The summed E-state index contributed by atoms with van der Waals surface area (Å²) >= 11 is 5.60. The number of unbranched alkanes of at least 4 members (excludes halogenated alkanes) is 2. The third-order valence-electron chi connectivity index (χ3n) is 2.44. The molecule has 0 fully saturated rings. The van der Waals surface area contributed by atoms with Crippen LogP contribution in [-0.2, 0) is 6.54 Å². The van der Waals surface area contributed by atoms with Gasteiger partial charge in [-0.15, -0.1) is 11.6 Å². The Hall–Kier alpha value is -0.530. The lowest BCUT2D eigenvalue weighted by atomic mass is 10.1. The molecule has 0 saturated carbocycles. The first kappa shape index (κ1) is 12.5. The van der Waals surface area contributed by atoms with Crippen molar-refractivity contribution in [2.24, 2.45) is 0 Å². The fourth-order valence-electron chi connectivity index (χ4n) is 1.46. The molecule has 1 aromatic carbocycles. The largest absolute Gasteiger partial charge is 0.313 e. The Labute approximate surface area is 97.8 Å². The molecule has 2 heteroatoms. The Morgan fingerprint density at radius 2 is 1.80 bits per heavy atom. The van der Waals surface area contributed by atoms with E-state index in [1.807, 2.05) is 0 Å². The first-order chi connectivity index (χ1) is 7.33. The first-order valence-corrected chi connectivity index (χ1v) is 6.18. The van der Waals surface area contributed by atoms with E-state index in [0.29, 0.717) is 0 Å². The zero-order chi connectivity index (χ0) is 10.9. The van der Waals surface area contributed by atoms with E-state index in [9.17, 15) is 0 Å². The van der Waals surface area contributed by atoms with Crippen molar-refractivity contribution >= 4 is 11.6 Å². The minimum atomic E-state index is 0.790. The summed E-state index contributed by atoms with van der Waals surface area (Å²) in [5.74, 6) is 0.790. The second-order valence-electron chi connectivity index (χ2n) is 3.91. The average Bonchev–Trinajstić information content (AvgIpc) is 2.26. The molecule has 0 aliphatic carbocycles. The Morgan fingerprint density at radius 1 is 1.07 bits per heavy atom. The van der Waals surface area contributed by atoms with Gasteiger partial charge in [-0.25, -0.2) is 0 Å². The molecule has 15 heavy (non-hydrogen) atoms. The molecule has 0 bridgehead atoms. The summed E-state index contributed by atoms with van der Waals surface area (Å²) in [6.45, 7) is 4.18. The number of hydrogen-bond donors (Lipinski definition) is 1. The number of alkyl halides is 1. The molecule has 0 aliphatic heterocycles. The first-order valence-electron chi connectivity index (χ1n) is 5.65. The Kier molecular flexibility index (Phi) is 6.45. The maximum atomic E-state index is 5.60. The molecule has 1 rings (SSSR count). The van der Waals surface area contributed by atoms with Gasteiger partial charge >= 0.3 is 0 Å². The second kappa shape index (κ2) is 7.72. The van der Waals surface area contributed by atoms with Gasteiger partial charge in [-0.05, 0) is 31.9 Å². The van der Waals surface area contributed by atoms with Gasteiger partial charge in [-0.1, -0.05) is 36.2 Å². The SMILES string of the molecule is Cc1ccc(CNCCCCCCl)cc1. The van der Waals surface area contributed by atoms with Gasteiger partial charge in [0.1, 0.15) is 0 Å². The predicted octanol–water partition coefficient (Wildman–Crippen LogP) is 3.49. The molecular weight excluding hydrogens is 206 g/mol. The molecule has 0 aliphatic rings. The molecule has 0 atom stereocenters. The molecule has 1 nitrogen and oxygen atoms in total. The van der Waals surface area contributed by atoms with E-state index in [1.54, 1.807) is 0 Å². The van der Waals surface area contributed by atoms with E-state index >= 15 is 0 Å². The van der Waals surface area contributed by atoms with Crippen LogP contribution in [0.2, 0.25) is 0 Å². The molecule has 0 amide bonds. The maximum absolute atomic E-state index is 5.60. The van der Waals surface area contributed by atoms with Crippen molar-refractivity contribution in [3.63, 3.8) is 0 Å². The van der Waals surface area contributed by atoms with Crippen LogP contribution in [0.1, 0.15) is 30.4 Å². The fourth-order valence-corrected chi connectivity index (χ4v) is 1.65. The van der Waals surface area contributed by atoms with Crippen LogP contribution in [-0.4, -0.2) is 12.4 Å². The summed E-state index contributed by atoms with van der Waals surface area (Å²) < 4.78 is 0. The zero-order valence-electron chi connectivity index (χ0n) is 9.43. The van der Waals surface area contributed by atoms with Crippen molar-refractivity contribution in [2.75, 3.05) is 12.4 Å². The standard InChI is InChI=1S/C13H20ClN/c1-12-5-7-13(8-6-12)11-15-10-4-2-3-9-14/h5-8,15H,2-4,9-11H2,1H3. The molecule has 1 N–H and O–H groups in total. The lowest BCUT2D eigenvalue weighted by Crippen LogP contribution is -2.14. The summed E-state index contributed by atoms with van der Waals surface area (Å²) in [6, 6.07) is 8.68. The lowest BCUT2D eigenvalue weighted by Gasteiger charge is -2.04. The number of hydrogen-bond acceptors (Lipinski definition) is 1. The van der Waals surface area contributed by atoms with E-state index in [1.165, 1.54) is 24.0 Å². The molecule has 0 spiro atoms. The molecule has 0 aromatic heterocycles. The van der Waals surface area contributed by atoms with Crippen molar-refractivity contribution in [3.8, 4) is 0 Å². The minimum Gasteiger partial charge on any atom is -0.313 e. The summed E-state index contributed by atoms with van der Waals surface area (Å²) in [6.07, 6.45) is 3.58.